The Kier molecular flexibility index (Phi) is 8.06. The maximum Gasteiger partial charge on any atom is 0.152 e. The minimum Gasteiger partial charge on any atom is -0.383 e. The fourth-order valence-electron chi connectivity index (χ4n) is 1.58. The molecular formula is C13H29NO3S. The Labute approximate surface area is 112 Å². The number of nitrogens with one attached hydrogen (secondary N) is 1. The fraction of sp³-hybridized carbons (Fsp3) is 1.00. The third kappa shape index (κ3) is 6.71. The lowest BCUT2D eigenvalue weighted by Crippen LogP contribution is -2.35. The number of sulfone groups is 1. The van der Waals surface area contributed by atoms with E-state index in [1.165, 1.54) is 0 Å². The lowest BCUT2D eigenvalue weighted by atomic mass is 9.84. The van der Waals surface area contributed by atoms with Crippen molar-refractivity contribution in [1.29, 1.82) is 0 Å². The molecule has 0 aromatic carbocycles. The van der Waals surface area contributed by atoms with Crippen LogP contribution in [0, 0.1) is 5.41 Å². The van der Waals surface area contributed by atoms with E-state index in [-0.39, 0.29) is 16.4 Å². The summed E-state index contributed by atoms with van der Waals surface area (Å²) in [5.74, 6) is 0.279. The van der Waals surface area contributed by atoms with Crippen LogP contribution in [-0.4, -0.2) is 46.2 Å². The molecule has 0 aliphatic carbocycles. The van der Waals surface area contributed by atoms with Gasteiger partial charge in [0.05, 0.1) is 17.6 Å². The third-order valence-electron chi connectivity index (χ3n) is 3.60. The fourth-order valence-corrected chi connectivity index (χ4v) is 2.83. The van der Waals surface area contributed by atoms with Gasteiger partial charge >= 0.3 is 0 Å². The quantitative estimate of drug-likeness (QED) is 0.620. The molecule has 0 rings (SSSR count). The maximum absolute atomic E-state index is 11.8. The number of hydrogen-bond donors (Lipinski definition) is 1. The van der Waals surface area contributed by atoms with Crippen LogP contribution in [0.5, 0.6) is 0 Å². The first-order chi connectivity index (χ1) is 8.27. The second-order valence-electron chi connectivity index (χ2n) is 5.50. The molecule has 0 fully saturated rings. The number of ether oxygens (including phenoxy) is 1. The molecule has 110 valence electrons. The van der Waals surface area contributed by atoms with Gasteiger partial charge in [-0.3, -0.25) is 0 Å². The number of methoxy groups -OCH3 is 1. The first-order valence-electron chi connectivity index (χ1n) is 6.68. The van der Waals surface area contributed by atoms with Crippen LogP contribution >= 0.6 is 0 Å². The van der Waals surface area contributed by atoms with Gasteiger partial charge in [0.1, 0.15) is 0 Å². The molecule has 0 aromatic rings. The standard InChI is InChI=1S/C13H29NO3S/c1-6-13(4,11-14-8-9-17-5)7-10-18(15,16)12(2)3/h12,14H,6-11H2,1-5H3. The minimum absolute atomic E-state index is 0.0374. The van der Waals surface area contributed by atoms with Gasteiger partial charge in [-0.1, -0.05) is 13.8 Å². The van der Waals surface area contributed by atoms with Gasteiger partial charge in [-0.2, -0.15) is 0 Å². The molecule has 0 aliphatic heterocycles. The normalized spacial score (nSPS) is 15.9. The van der Waals surface area contributed by atoms with Crippen molar-refractivity contribution in [2.45, 2.75) is 45.8 Å². The van der Waals surface area contributed by atoms with Crippen molar-refractivity contribution < 1.29 is 13.2 Å². The summed E-state index contributed by atoms with van der Waals surface area (Å²) < 4.78 is 28.6. The van der Waals surface area contributed by atoms with Crippen molar-refractivity contribution in [2.24, 2.45) is 5.41 Å². The molecule has 0 aliphatic rings. The summed E-state index contributed by atoms with van der Waals surface area (Å²) in [6, 6.07) is 0. The highest BCUT2D eigenvalue weighted by Gasteiger charge is 2.26. The second-order valence-corrected chi connectivity index (χ2v) is 8.18. The maximum atomic E-state index is 11.8. The molecule has 0 spiro atoms. The zero-order valence-corrected chi connectivity index (χ0v) is 13.3. The van der Waals surface area contributed by atoms with Crippen molar-refractivity contribution in [3.05, 3.63) is 0 Å². The van der Waals surface area contributed by atoms with Gasteiger partial charge in [-0.25, -0.2) is 8.42 Å². The van der Waals surface area contributed by atoms with Gasteiger partial charge < -0.3 is 10.1 Å². The van der Waals surface area contributed by atoms with Crippen molar-refractivity contribution >= 4 is 9.84 Å². The average Bonchev–Trinajstić information content (AvgIpc) is 2.32. The van der Waals surface area contributed by atoms with E-state index in [9.17, 15) is 8.42 Å². The molecule has 1 atom stereocenters. The van der Waals surface area contributed by atoms with E-state index in [2.05, 4.69) is 19.2 Å². The zero-order chi connectivity index (χ0) is 14.2. The van der Waals surface area contributed by atoms with Crippen molar-refractivity contribution in [2.75, 3.05) is 32.6 Å². The first-order valence-corrected chi connectivity index (χ1v) is 8.40. The highest BCUT2D eigenvalue weighted by Crippen LogP contribution is 2.26. The minimum atomic E-state index is -2.93. The molecule has 0 amide bonds. The topological polar surface area (TPSA) is 55.4 Å². The molecule has 0 radical (unpaired) electrons. The van der Waals surface area contributed by atoms with E-state index in [1.54, 1.807) is 21.0 Å². The van der Waals surface area contributed by atoms with Crippen LogP contribution in [0.15, 0.2) is 0 Å². The first kappa shape index (κ1) is 17.9. The van der Waals surface area contributed by atoms with Gasteiger partial charge in [0.25, 0.3) is 0 Å². The van der Waals surface area contributed by atoms with Crippen LogP contribution in [0.3, 0.4) is 0 Å². The Morgan fingerprint density at radius 1 is 1.33 bits per heavy atom. The average molecular weight is 279 g/mol. The predicted octanol–water partition coefficient (Wildman–Crippen LogP) is 1.85. The summed E-state index contributed by atoms with van der Waals surface area (Å²) in [5.41, 5.74) is 0.0374. The summed E-state index contributed by atoms with van der Waals surface area (Å²) in [4.78, 5) is 0. The van der Waals surface area contributed by atoms with Gasteiger partial charge in [-0.15, -0.1) is 0 Å². The van der Waals surface area contributed by atoms with E-state index in [0.29, 0.717) is 13.0 Å². The molecule has 0 aromatic heterocycles. The van der Waals surface area contributed by atoms with Gasteiger partial charge in [0.15, 0.2) is 9.84 Å². The lowest BCUT2D eigenvalue weighted by molar-refractivity contribution is 0.190. The Morgan fingerprint density at radius 2 is 1.94 bits per heavy atom. The summed E-state index contributed by atoms with van der Waals surface area (Å²) in [6.45, 7) is 10.1. The lowest BCUT2D eigenvalue weighted by Gasteiger charge is -2.29. The van der Waals surface area contributed by atoms with E-state index in [4.69, 9.17) is 4.74 Å². The van der Waals surface area contributed by atoms with Crippen molar-refractivity contribution in [3.63, 3.8) is 0 Å². The highest BCUT2D eigenvalue weighted by molar-refractivity contribution is 7.91. The van der Waals surface area contributed by atoms with Crippen LogP contribution in [0.25, 0.3) is 0 Å². The molecule has 4 nitrogen and oxygen atoms in total. The summed E-state index contributed by atoms with van der Waals surface area (Å²) >= 11 is 0. The number of rotatable bonds is 10. The predicted molar refractivity (Wildman–Crippen MR) is 76.7 cm³/mol. The summed E-state index contributed by atoms with van der Waals surface area (Å²) in [5, 5.41) is 3.05. The smallest absolute Gasteiger partial charge is 0.152 e. The van der Waals surface area contributed by atoms with Crippen LogP contribution in [-0.2, 0) is 14.6 Å². The third-order valence-corrected chi connectivity index (χ3v) is 5.81. The molecule has 0 saturated heterocycles. The number of hydrogen-bond acceptors (Lipinski definition) is 4. The van der Waals surface area contributed by atoms with Crippen molar-refractivity contribution in [1.82, 2.24) is 5.32 Å². The molecule has 0 bridgehead atoms. The Hall–Kier alpha value is -0.130. The molecule has 18 heavy (non-hydrogen) atoms. The Balaban J connectivity index is 4.23. The van der Waals surface area contributed by atoms with Crippen LogP contribution in [0.1, 0.15) is 40.5 Å². The highest BCUT2D eigenvalue weighted by atomic mass is 32.2. The van der Waals surface area contributed by atoms with Gasteiger partial charge in [0.2, 0.25) is 0 Å². The van der Waals surface area contributed by atoms with E-state index < -0.39 is 9.84 Å². The van der Waals surface area contributed by atoms with Crippen LogP contribution in [0.4, 0.5) is 0 Å². The molecule has 0 heterocycles. The molecule has 1 unspecified atom stereocenters. The monoisotopic (exact) mass is 279 g/mol. The van der Waals surface area contributed by atoms with Crippen molar-refractivity contribution in [3.8, 4) is 0 Å². The summed E-state index contributed by atoms with van der Waals surface area (Å²) in [6.07, 6.45) is 1.69. The van der Waals surface area contributed by atoms with E-state index >= 15 is 0 Å². The SMILES string of the molecule is CCC(C)(CCS(=O)(=O)C(C)C)CNCCOC. The largest absolute Gasteiger partial charge is 0.383 e. The molecule has 1 N–H and O–H groups in total. The van der Waals surface area contributed by atoms with E-state index in [0.717, 1.165) is 19.5 Å². The van der Waals surface area contributed by atoms with Gasteiger partial charge in [0, 0.05) is 20.2 Å². The van der Waals surface area contributed by atoms with Crippen LogP contribution in [0.2, 0.25) is 0 Å². The molecule has 5 heteroatoms. The Bertz CT molecular complexity index is 314. The second kappa shape index (κ2) is 8.12. The molecular weight excluding hydrogens is 250 g/mol. The van der Waals surface area contributed by atoms with E-state index in [1.807, 2.05) is 0 Å². The van der Waals surface area contributed by atoms with Gasteiger partial charge in [-0.05, 0) is 32.1 Å². The Morgan fingerprint density at radius 3 is 2.39 bits per heavy atom. The zero-order valence-electron chi connectivity index (χ0n) is 12.5. The molecule has 0 saturated carbocycles. The summed E-state index contributed by atoms with van der Waals surface area (Å²) in [7, 11) is -1.25. The van der Waals surface area contributed by atoms with Crippen LogP contribution < -0.4 is 5.32 Å².